The normalized spacial score (nSPS) is 22.5. The molecule has 2 aromatic rings. The molecule has 1 aromatic heterocycles. The van der Waals surface area contributed by atoms with E-state index in [9.17, 15) is 4.79 Å². The highest BCUT2D eigenvalue weighted by Crippen LogP contribution is 2.42. The summed E-state index contributed by atoms with van der Waals surface area (Å²) >= 11 is 1.86. The smallest absolute Gasteiger partial charge is 0.279 e. The van der Waals surface area contributed by atoms with Crippen LogP contribution in [0.4, 0.5) is 5.69 Å². The van der Waals surface area contributed by atoms with Crippen molar-refractivity contribution in [3.63, 3.8) is 0 Å². The van der Waals surface area contributed by atoms with Gasteiger partial charge in [-0.3, -0.25) is 4.79 Å². The van der Waals surface area contributed by atoms with Crippen LogP contribution in [0, 0.1) is 17.2 Å². The maximum atomic E-state index is 12.5. The highest BCUT2D eigenvalue weighted by molar-refractivity contribution is 7.10. The van der Waals surface area contributed by atoms with Gasteiger partial charge < -0.3 is 10.2 Å². The molecule has 0 bridgehead atoms. The van der Waals surface area contributed by atoms with E-state index in [1.807, 2.05) is 17.4 Å². The number of nitriles is 1. The molecule has 122 valence electrons. The number of amides is 1. The van der Waals surface area contributed by atoms with Gasteiger partial charge in [-0.25, -0.2) is 0 Å². The number of hydrogen-bond donors (Lipinski definition) is 2. The van der Waals surface area contributed by atoms with Crippen molar-refractivity contribution in [2.24, 2.45) is 5.92 Å². The zero-order valence-electron chi connectivity index (χ0n) is 13.4. The van der Waals surface area contributed by atoms with Gasteiger partial charge in [0.15, 0.2) is 6.54 Å². The number of hydrogen-bond acceptors (Lipinski definition) is 3. The number of carbonyl (C=O) groups excluding carboxylic acids is 1. The van der Waals surface area contributed by atoms with E-state index in [2.05, 4.69) is 22.8 Å². The average molecular weight is 338 g/mol. The fourth-order valence-electron chi connectivity index (χ4n) is 3.77. The van der Waals surface area contributed by atoms with E-state index in [0.717, 1.165) is 18.9 Å². The van der Waals surface area contributed by atoms with Gasteiger partial charge in [-0.15, -0.1) is 11.3 Å². The lowest BCUT2D eigenvalue weighted by atomic mass is 9.96. The SMILES string of the molecule is N#Cc1cccc(NC(=O)C[NH+]2CCc3sccc3[C@@H]2C2CC2)c1. The summed E-state index contributed by atoms with van der Waals surface area (Å²) < 4.78 is 0. The molecule has 5 heteroatoms. The molecule has 2 aliphatic rings. The largest absolute Gasteiger partial charge is 0.321 e. The third-order valence-corrected chi connectivity index (χ3v) is 5.98. The van der Waals surface area contributed by atoms with Crippen LogP contribution in [0.25, 0.3) is 0 Å². The van der Waals surface area contributed by atoms with Crippen molar-refractivity contribution in [1.82, 2.24) is 0 Å². The second-order valence-corrected chi connectivity index (χ2v) is 7.69. The van der Waals surface area contributed by atoms with E-state index in [1.54, 1.807) is 18.2 Å². The average Bonchev–Trinajstić information content (AvgIpc) is 3.31. The summed E-state index contributed by atoms with van der Waals surface area (Å²) in [5.74, 6) is 0.771. The first-order valence-electron chi connectivity index (χ1n) is 8.45. The Kier molecular flexibility index (Phi) is 4.09. The van der Waals surface area contributed by atoms with Crippen molar-refractivity contribution in [3.05, 3.63) is 51.7 Å². The van der Waals surface area contributed by atoms with Gasteiger partial charge in [-0.05, 0) is 42.5 Å². The van der Waals surface area contributed by atoms with Crippen molar-refractivity contribution in [2.75, 3.05) is 18.4 Å². The van der Waals surface area contributed by atoms with Crippen LogP contribution in [0.15, 0.2) is 35.7 Å². The minimum absolute atomic E-state index is 0.0319. The second kappa shape index (κ2) is 6.39. The first kappa shape index (κ1) is 15.4. The van der Waals surface area contributed by atoms with Crippen molar-refractivity contribution < 1.29 is 9.69 Å². The van der Waals surface area contributed by atoms with Crippen molar-refractivity contribution >= 4 is 22.9 Å². The van der Waals surface area contributed by atoms with Crippen LogP contribution >= 0.6 is 11.3 Å². The van der Waals surface area contributed by atoms with Crippen LogP contribution < -0.4 is 10.2 Å². The van der Waals surface area contributed by atoms with Crippen molar-refractivity contribution in [3.8, 4) is 6.07 Å². The number of fused-ring (bicyclic) bond motifs is 1. The number of benzene rings is 1. The Bertz CT molecular complexity index is 803. The van der Waals surface area contributed by atoms with E-state index in [4.69, 9.17) is 5.26 Å². The summed E-state index contributed by atoms with van der Waals surface area (Å²) in [6, 6.07) is 11.9. The fraction of sp³-hybridized carbons (Fsp3) is 0.368. The summed E-state index contributed by atoms with van der Waals surface area (Å²) in [5, 5.41) is 14.1. The van der Waals surface area contributed by atoms with E-state index in [0.29, 0.717) is 23.8 Å². The van der Waals surface area contributed by atoms with Gasteiger partial charge in [0, 0.05) is 28.5 Å². The number of nitrogens with zero attached hydrogens (tertiary/aromatic N) is 1. The number of anilines is 1. The highest BCUT2D eigenvalue weighted by Gasteiger charge is 2.43. The molecule has 1 saturated carbocycles. The van der Waals surface area contributed by atoms with Gasteiger partial charge in [0.1, 0.15) is 6.04 Å². The Hall–Kier alpha value is -2.16. The molecular formula is C19H20N3OS+. The zero-order chi connectivity index (χ0) is 16.5. The summed E-state index contributed by atoms with van der Waals surface area (Å²) in [6.07, 6.45) is 3.65. The molecule has 0 radical (unpaired) electrons. The Morgan fingerprint density at radius 3 is 3.04 bits per heavy atom. The van der Waals surface area contributed by atoms with Crippen LogP contribution in [0.5, 0.6) is 0 Å². The molecule has 0 saturated heterocycles. The summed E-state index contributed by atoms with van der Waals surface area (Å²) in [4.78, 5) is 15.4. The van der Waals surface area contributed by atoms with Crippen molar-refractivity contribution in [2.45, 2.75) is 25.3 Å². The van der Waals surface area contributed by atoms with Crippen LogP contribution in [-0.4, -0.2) is 19.0 Å². The lowest BCUT2D eigenvalue weighted by Gasteiger charge is -2.32. The molecule has 4 rings (SSSR count). The standard InChI is InChI=1S/C19H19N3OS/c20-11-13-2-1-3-15(10-13)21-18(23)12-22-8-6-17-16(7-9-24-17)19(22)14-4-5-14/h1-3,7,9-10,14,19H,4-6,8,12H2,(H,21,23)/p+1/t19-/m0/s1. The third-order valence-electron chi connectivity index (χ3n) is 4.98. The van der Waals surface area contributed by atoms with Crippen LogP contribution in [0.1, 0.15) is 34.9 Å². The van der Waals surface area contributed by atoms with Gasteiger partial charge in [-0.1, -0.05) is 6.07 Å². The molecule has 0 spiro atoms. The monoisotopic (exact) mass is 338 g/mol. The molecule has 4 nitrogen and oxygen atoms in total. The molecule has 24 heavy (non-hydrogen) atoms. The molecule has 2 atom stereocenters. The Morgan fingerprint density at radius 2 is 2.25 bits per heavy atom. The van der Waals surface area contributed by atoms with E-state index in [-0.39, 0.29) is 5.91 Å². The predicted molar refractivity (Wildman–Crippen MR) is 94.0 cm³/mol. The molecule has 2 N–H and O–H groups in total. The van der Waals surface area contributed by atoms with E-state index < -0.39 is 0 Å². The van der Waals surface area contributed by atoms with Crippen LogP contribution in [0.3, 0.4) is 0 Å². The van der Waals surface area contributed by atoms with E-state index in [1.165, 1.54) is 28.2 Å². The molecule has 1 aliphatic carbocycles. The summed E-state index contributed by atoms with van der Waals surface area (Å²) in [7, 11) is 0. The molecule has 1 unspecified atom stereocenters. The minimum atomic E-state index is 0.0319. The second-order valence-electron chi connectivity index (χ2n) is 6.69. The zero-order valence-corrected chi connectivity index (χ0v) is 14.2. The van der Waals surface area contributed by atoms with Gasteiger partial charge in [0.05, 0.1) is 18.2 Å². The number of rotatable bonds is 4. The Labute approximate surface area is 145 Å². The Morgan fingerprint density at radius 1 is 1.38 bits per heavy atom. The summed E-state index contributed by atoms with van der Waals surface area (Å²) in [6.45, 7) is 1.52. The quantitative estimate of drug-likeness (QED) is 0.897. The number of carbonyl (C=O) groups is 1. The molecule has 1 aromatic carbocycles. The van der Waals surface area contributed by atoms with Crippen LogP contribution in [-0.2, 0) is 11.2 Å². The third kappa shape index (κ3) is 3.08. The number of nitrogens with one attached hydrogen (secondary N) is 2. The van der Waals surface area contributed by atoms with Gasteiger partial charge in [0.2, 0.25) is 0 Å². The molecule has 1 aliphatic heterocycles. The molecule has 1 amide bonds. The molecular weight excluding hydrogens is 318 g/mol. The molecule has 2 heterocycles. The van der Waals surface area contributed by atoms with Gasteiger partial charge >= 0.3 is 0 Å². The first-order valence-corrected chi connectivity index (χ1v) is 9.33. The maximum Gasteiger partial charge on any atom is 0.279 e. The van der Waals surface area contributed by atoms with Crippen LogP contribution in [0.2, 0.25) is 0 Å². The Balaban J connectivity index is 1.46. The van der Waals surface area contributed by atoms with E-state index >= 15 is 0 Å². The molecule has 1 fully saturated rings. The topological polar surface area (TPSA) is 57.3 Å². The van der Waals surface area contributed by atoms with Gasteiger partial charge in [0.25, 0.3) is 5.91 Å². The summed E-state index contributed by atoms with van der Waals surface area (Å²) in [5.41, 5.74) is 2.74. The minimum Gasteiger partial charge on any atom is -0.321 e. The lowest BCUT2D eigenvalue weighted by molar-refractivity contribution is -0.928. The number of thiophene rings is 1. The predicted octanol–water partition coefficient (Wildman–Crippen LogP) is 2.15. The highest BCUT2D eigenvalue weighted by atomic mass is 32.1. The number of quaternary nitrogens is 1. The van der Waals surface area contributed by atoms with Gasteiger partial charge in [-0.2, -0.15) is 5.26 Å². The fourth-order valence-corrected chi connectivity index (χ4v) is 4.70. The lowest BCUT2D eigenvalue weighted by Crippen LogP contribution is -3.14. The van der Waals surface area contributed by atoms with Crippen molar-refractivity contribution in [1.29, 1.82) is 5.26 Å². The maximum absolute atomic E-state index is 12.5. The first-order chi connectivity index (χ1) is 11.7.